The van der Waals surface area contributed by atoms with Gasteiger partial charge >= 0.3 is 11.8 Å². The highest BCUT2D eigenvalue weighted by Crippen LogP contribution is 2.32. The van der Waals surface area contributed by atoms with Gasteiger partial charge in [-0.25, -0.2) is 9.95 Å². The SMILES string of the molecule is O=c1o[nH]c2cccc(C(F)(F)F)c12. The molecule has 1 N–H and O–H groups in total. The van der Waals surface area contributed by atoms with Crippen molar-refractivity contribution in [1.29, 1.82) is 0 Å². The molecule has 2 aromatic rings. The molecule has 1 aromatic carbocycles. The summed E-state index contributed by atoms with van der Waals surface area (Å²) in [5, 5.41) is 1.65. The lowest BCUT2D eigenvalue weighted by molar-refractivity contribution is -0.136. The maximum Gasteiger partial charge on any atom is 0.417 e. The number of aromatic nitrogens is 1. The van der Waals surface area contributed by atoms with Gasteiger partial charge in [0.05, 0.1) is 11.1 Å². The number of alkyl halides is 3. The number of benzene rings is 1. The van der Waals surface area contributed by atoms with Crippen LogP contribution in [0.5, 0.6) is 0 Å². The smallest absolute Gasteiger partial charge is 0.338 e. The topological polar surface area (TPSA) is 46.0 Å². The van der Waals surface area contributed by atoms with Gasteiger partial charge in [-0.15, -0.1) is 0 Å². The lowest BCUT2D eigenvalue weighted by Crippen LogP contribution is -2.08. The predicted octanol–water partition coefficient (Wildman–Crippen LogP) is 2.14. The zero-order valence-electron chi connectivity index (χ0n) is 6.68. The van der Waals surface area contributed by atoms with Crippen LogP contribution in [-0.4, -0.2) is 5.16 Å². The molecule has 0 spiro atoms. The Morgan fingerprint density at radius 1 is 1.29 bits per heavy atom. The molecule has 0 amide bonds. The molecule has 0 unspecified atom stereocenters. The van der Waals surface area contributed by atoms with Crippen molar-refractivity contribution in [2.75, 3.05) is 0 Å². The molecular formula is C8H4F3NO2. The molecule has 0 radical (unpaired) electrons. The highest BCUT2D eigenvalue weighted by molar-refractivity contribution is 5.81. The number of fused-ring (bicyclic) bond motifs is 1. The Kier molecular flexibility index (Phi) is 1.67. The third-order valence-corrected chi connectivity index (χ3v) is 1.83. The van der Waals surface area contributed by atoms with Crippen LogP contribution >= 0.6 is 0 Å². The summed E-state index contributed by atoms with van der Waals surface area (Å²) in [5.74, 6) is 0. The van der Waals surface area contributed by atoms with E-state index in [1.807, 2.05) is 0 Å². The first-order valence-corrected chi connectivity index (χ1v) is 3.67. The zero-order chi connectivity index (χ0) is 10.3. The molecule has 0 atom stereocenters. The van der Waals surface area contributed by atoms with Gasteiger partial charge < -0.3 is 4.52 Å². The number of halogens is 3. The Balaban J connectivity index is 2.89. The van der Waals surface area contributed by atoms with E-state index in [2.05, 4.69) is 9.68 Å². The van der Waals surface area contributed by atoms with Crippen molar-refractivity contribution in [2.45, 2.75) is 6.18 Å². The van der Waals surface area contributed by atoms with E-state index in [0.717, 1.165) is 6.07 Å². The molecule has 0 aliphatic carbocycles. The molecule has 1 heterocycles. The normalized spacial score (nSPS) is 12.2. The third kappa shape index (κ3) is 1.19. The number of hydrogen-bond acceptors (Lipinski definition) is 2. The summed E-state index contributed by atoms with van der Waals surface area (Å²) in [4.78, 5) is 10.9. The first-order chi connectivity index (χ1) is 6.50. The van der Waals surface area contributed by atoms with E-state index in [9.17, 15) is 18.0 Å². The molecule has 2 rings (SSSR count). The first-order valence-electron chi connectivity index (χ1n) is 3.67. The summed E-state index contributed by atoms with van der Waals surface area (Å²) in [6.07, 6.45) is -4.55. The van der Waals surface area contributed by atoms with Crippen LogP contribution in [0, 0.1) is 0 Å². The van der Waals surface area contributed by atoms with E-state index in [4.69, 9.17) is 0 Å². The Labute approximate surface area is 75.1 Å². The van der Waals surface area contributed by atoms with Crippen molar-refractivity contribution in [3.8, 4) is 0 Å². The van der Waals surface area contributed by atoms with Crippen molar-refractivity contribution >= 4 is 10.9 Å². The lowest BCUT2D eigenvalue weighted by atomic mass is 10.1. The molecule has 0 saturated carbocycles. The van der Waals surface area contributed by atoms with E-state index in [-0.39, 0.29) is 5.52 Å². The minimum absolute atomic E-state index is 0.0461. The molecule has 0 aliphatic heterocycles. The molecule has 0 bridgehead atoms. The highest BCUT2D eigenvalue weighted by atomic mass is 19.4. The third-order valence-electron chi connectivity index (χ3n) is 1.83. The zero-order valence-corrected chi connectivity index (χ0v) is 6.68. The molecule has 14 heavy (non-hydrogen) atoms. The van der Waals surface area contributed by atoms with Crippen LogP contribution in [0.2, 0.25) is 0 Å². The van der Waals surface area contributed by atoms with Gasteiger partial charge in [-0.05, 0) is 12.1 Å². The molecule has 6 heteroatoms. The van der Waals surface area contributed by atoms with E-state index < -0.39 is 22.8 Å². The van der Waals surface area contributed by atoms with Gasteiger partial charge in [0.15, 0.2) is 0 Å². The summed E-state index contributed by atoms with van der Waals surface area (Å²) < 4.78 is 41.4. The monoisotopic (exact) mass is 203 g/mol. The largest absolute Gasteiger partial charge is 0.417 e. The Bertz CT molecular complexity index is 523. The second-order valence-electron chi connectivity index (χ2n) is 2.72. The van der Waals surface area contributed by atoms with E-state index >= 15 is 0 Å². The van der Waals surface area contributed by atoms with Gasteiger partial charge in [0.2, 0.25) is 0 Å². The molecule has 1 aromatic heterocycles. The van der Waals surface area contributed by atoms with Gasteiger partial charge in [0.1, 0.15) is 5.39 Å². The van der Waals surface area contributed by atoms with E-state index in [1.165, 1.54) is 12.1 Å². The van der Waals surface area contributed by atoms with Crippen molar-refractivity contribution in [1.82, 2.24) is 5.16 Å². The van der Waals surface area contributed by atoms with Crippen LogP contribution < -0.4 is 5.63 Å². The van der Waals surface area contributed by atoms with Gasteiger partial charge in [-0.3, -0.25) is 0 Å². The molecule has 0 saturated heterocycles. The number of H-pyrrole nitrogens is 1. The summed E-state index contributed by atoms with van der Waals surface area (Å²) in [6.45, 7) is 0. The fourth-order valence-electron chi connectivity index (χ4n) is 1.25. The summed E-state index contributed by atoms with van der Waals surface area (Å²) in [6, 6.07) is 3.39. The van der Waals surface area contributed by atoms with Gasteiger partial charge in [0.25, 0.3) is 0 Å². The number of rotatable bonds is 0. The van der Waals surface area contributed by atoms with E-state index in [0.29, 0.717) is 0 Å². The lowest BCUT2D eigenvalue weighted by Gasteiger charge is -2.05. The highest BCUT2D eigenvalue weighted by Gasteiger charge is 2.34. The van der Waals surface area contributed by atoms with Crippen molar-refractivity contribution in [3.05, 3.63) is 34.2 Å². The van der Waals surface area contributed by atoms with Crippen LogP contribution in [-0.2, 0) is 6.18 Å². The average Bonchev–Trinajstić information content (AvgIpc) is 2.46. The predicted molar refractivity (Wildman–Crippen MR) is 41.8 cm³/mol. The summed E-state index contributed by atoms with van der Waals surface area (Å²) in [7, 11) is 0. The Morgan fingerprint density at radius 3 is 2.64 bits per heavy atom. The van der Waals surface area contributed by atoms with Crippen molar-refractivity contribution < 1.29 is 17.7 Å². The maximum atomic E-state index is 12.4. The number of nitrogens with one attached hydrogen (secondary N) is 1. The summed E-state index contributed by atoms with van der Waals surface area (Å²) in [5.41, 5.74) is -1.94. The number of hydrogen-bond donors (Lipinski definition) is 1. The van der Waals surface area contributed by atoms with Crippen molar-refractivity contribution in [3.63, 3.8) is 0 Å². The number of aromatic amines is 1. The summed E-state index contributed by atoms with van der Waals surface area (Å²) >= 11 is 0. The van der Waals surface area contributed by atoms with E-state index in [1.54, 1.807) is 0 Å². The van der Waals surface area contributed by atoms with Crippen LogP contribution in [0.3, 0.4) is 0 Å². The second-order valence-corrected chi connectivity index (χ2v) is 2.72. The van der Waals surface area contributed by atoms with Crippen LogP contribution in [0.4, 0.5) is 13.2 Å². The quantitative estimate of drug-likeness (QED) is 0.712. The van der Waals surface area contributed by atoms with Gasteiger partial charge in [0, 0.05) is 0 Å². The fourth-order valence-corrected chi connectivity index (χ4v) is 1.25. The maximum absolute atomic E-state index is 12.4. The first kappa shape index (κ1) is 8.86. The molecule has 74 valence electrons. The van der Waals surface area contributed by atoms with Gasteiger partial charge in [-0.1, -0.05) is 6.07 Å². The minimum atomic E-state index is -4.55. The molecule has 0 fully saturated rings. The average molecular weight is 203 g/mol. The van der Waals surface area contributed by atoms with Crippen LogP contribution in [0.25, 0.3) is 10.9 Å². The Morgan fingerprint density at radius 2 is 2.00 bits per heavy atom. The minimum Gasteiger partial charge on any atom is -0.338 e. The Hall–Kier alpha value is -1.72. The standard InChI is InChI=1S/C8H4F3NO2/c9-8(10,11)4-2-1-3-5-6(4)7(13)14-12-5/h1-3,12H. The van der Waals surface area contributed by atoms with Crippen molar-refractivity contribution in [2.24, 2.45) is 0 Å². The van der Waals surface area contributed by atoms with Crippen LogP contribution in [0.15, 0.2) is 27.5 Å². The molecular weight excluding hydrogens is 199 g/mol. The van der Waals surface area contributed by atoms with Gasteiger partial charge in [-0.2, -0.15) is 13.2 Å². The second kappa shape index (κ2) is 2.63. The molecule has 0 aliphatic rings. The molecule has 3 nitrogen and oxygen atoms in total. The fraction of sp³-hybridized carbons (Fsp3) is 0.125. The van der Waals surface area contributed by atoms with Crippen LogP contribution in [0.1, 0.15) is 5.56 Å².